The molecule has 1 unspecified atom stereocenters. The minimum absolute atomic E-state index is 0.00663. The maximum atomic E-state index is 11.7. The summed E-state index contributed by atoms with van der Waals surface area (Å²) >= 11 is 0. The molecule has 7 nitrogen and oxygen atoms in total. The summed E-state index contributed by atoms with van der Waals surface area (Å²) in [6, 6.07) is -0.362. The van der Waals surface area contributed by atoms with Crippen LogP contribution in [0.15, 0.2) is 0 Å². The highest BCUT2D eigenvalue weighted by molar-refractivity contribution is 5.83. The zero-order chi connectivity index (χ0) is 14.1. The Morgan fingerprint density at radius 1 is 1.33 bits per heavy atom. The summed E-state index contributed by atoms with van der Waals surface area (Å²) < 4.78 is 0. The van der Waals surface area contributed by atoms with Crippen LogP contribution in [0.4, 0.5) is 4.79 Å². The van der Waals surface area contributed by atoms with Crippen LogP contribution in [-0.2, 0) is 9.59 Å². The summed E-state index contributed by atoms with van der Waals surface area (Å²) in [5, 5.41) is 13.7. The van der Waals surface area contributed by atoms with Gasteiger partial charge in [-0.1, -0.05) is 6.92 Å². The van der Waals surface area contributed by atoms with Gasteiger partial charge in [0.1, 0.15) is 6.54 Å². The number of likely N-dealkylation sites (N-methyl/N-ethyl adjacent to an activating group) is 2. The molecule has 0 aromatic carbocycles. The predicted molar refractivity (Wildman–Crippen MR) is 66.1 cm³/mol. The van der Waals surface area contributed by atoms with Crippen molar-refractivity contribution in [2.75, 3.05) is 26.7 Å². The molecule has 0 saturated heterocycles. The average molecular weight is 259 g/mol. The van der Waals surface area contributed by atoms with Crippen LogP contribution < -0.4 is 10.6 Å². The van der Waals surface area contributed by atoms with Gasteiger partial charge in [0.25, 0.3) is 0 Å². The normalized spacial score (nSPS) is 11.5. The van der Waals surface area contributed by atoms with E-state index in [4.69, 9.17) is 5.11 Å². The van der Waals surface area contributed by atoms with E-state index >= 15 is 0 Å². The summed E-state index contributed by atoms with van der Waals surface area (Å²) in [4.78, 5) is 34.7. The van der Waals surface area contributed by atoms with Gasteiger partial charge in [0.2, 0.25) is 5.91 Å². The van der Waals surface area contributed by atoms with E-state index in [1.165, 1.54) is 11.9 Å². The van der Waals surface area contributed by atoms with Gasteiger partial charge in [-0.25, -0.2) is 4.79 Å². The summed E-state index contributed by atoms with van der Waals surface area (Å²) in [6.45, 7) is 4.02. The van der Waals surface area contributed by atoms with Gasteiger partial charge in [0.15, 0.2) is 0 Å². The number of hydrogen-bond donors (Lipinski definition) is 3. The van der Waals surface area contributed by atoms with Crippen molar-refractivity contribution in [3.63, 3.8) is 0 Å². The number of carboxylic acids is 1. The second-order valence-electron chi connectivity index (χ2n) is 3.95. The molecule has 3 N–H and O–H groups in total. The molecule has 0 aromatic heterocycles. The van der Waals surface area contributed by atoms with E-state index in [2.05, 4.69) is 10.6 Å². The third-order valence-corrected chi connectivity index (χ3v) is 2.56. The molecule has 0 aromatic rings. The SMILES string of the molecule is CCN(CC(=O)NC)C(=O)NCCC(C)C(=O)O. The van der Waals surface area contributed by atoms with Crippen molar-refractivity contribution in [2.45, 2.75) is 20.3 Å². The third kappa shape index (κ3) is 6.07. The number of carbonyl (C=O) groups excluding carboxylic acids is 2. The lowest BCUT2D eigenvalue weighted by atomic mass is 10.1. The summed E-state index contributed by atoms with van der Waals surface area (Å²) in [6.07, 6.45) is 0.360. The van der Waals surface area contributed by atoms with Crippen molar-refractivity contribution >= 4 is 17.9 Å². The maximum Gasteiger partial charge on any atom is 0.317 e. The Hall–Kier alpha value is -1.79. The zero-order valence-corrected chi connectivity index (χ0v) is 11.0. The molecule has 0 fully saturated rings. The summed E-state index contributed by atoms with van der Waals surface area (Å²) in [7, 11) is 1.50. The lowest BCUT2D eigenvalue weighted by molar-refractivity contribution is -0.141. The second-order valence-corrected chi connectivity index (χ2v) is 3.95. The molecule has 0 heterocycles. The molecule has 0 bridgehead atoms. The fourth-order valence-electron chi connectivity index (χ4n) is 1.21. The Kier molecular flexibility index (Phi) is 7.50. The molecule has 0 aliphatic rings. The minimum atomic E-state index is -0.887. The van der Waals surface area contributed by atoms with E-state index in [1.54, 1.807) is 13.8 Å². The number of rotatable bonds is 7. The Morgan fingerprint density at radius 3 is 2.39 bits per heavy atom. The number of amides is 3. The van der Waals surface area contributed by atoms with Crippen LogP contribution in [0.3, 0.4) is 0 Å². The number of carboxylic acid groups (broad SMARTS) is 1. The topological polar surface area (TPSA) is 98.7 Å². The molecule has 104 valence electrons. The van der Waals surface area contributed by atoms with Crippen LogP contribution in [0.1, 0.15) is 20.3 Å². The van der Waals surface area contributed by atoms with Crippen molar-refractivity contribution < 1.29 is 19.5 Å². The van der Waals surface area contributed by atoms with E-state index < -0.39 is 11.9 Å². The fraction of sp³-hybridized carbons (Fsp3) is 0.727. The highest BCUT2D eigenvalue weighted by atomic mass is 16.4. The van der Waals surface area contributed by atoms with Gasteiger partial charge in [0, 0.05) is 20.1 Å². The van der Waals surface area contributed by atoms with Crippen molar-refractivity contribution in [3.05, 3.63) is 0 Å². The van der Waals surface area contributed by atoms with Gasteiger partial charge >= 0.3 is 12.0 Å². The van der Waals surface area contributed by atoms with E-state index in [9.17, 15) is 14.4 Å². The molecule has 7 heteroatoms. The van der Waals surface area contributed by atoms with Crippen molar-refractivity contribution in [1.29, 1.82) is 0 Å². The number of carbonyl (C=O) groups is 3. The second kappa shape index (κ2) is 8.32. The van der Waals surface area contributed by atoms with Crippen LogP contribution in [0.2, 0.25) is 0 Å². The number of hydrogen-bond acceptors (Lipinski definition) is 3. The highest BCUT2D eigenvalue weighted by Gasteiger charge is 2.15. The first-order chi connectivity index (χ1) is 8.42. The minimum Gasteiger partial charge on any atom is -0.481 e. The molecule has 0 aliphatic carbocycles. The molecule has 0 spiro atoms. The first-order valence-corrected chi connectivity index (χ1v) is 5.88. The fourth-order valence-corrected chi connectivity index (χ4v) is 1.21. The largest absolute Gasteiger partial charge is 0.481 e. The van der Waals surface area contributed by atoms with Gasteiger partial charge in [-0.2, -0.15) is 0 Å². The van der Waals surface area contributed by atoms with Crippen molar-refractivity contribution in [1.82, 2.24) is 15.5 Å². The van der Waals surface area contributed by atoms with Gasteiger partial charge in [-0.05, 0) is 13.3 Å². The Bertz CT molecular complexity index is 307. The van der Waals surface area contributed by atoms with Crippen LogP contribution in [0.5, 0.6) is 0 Å². The molecule has 0 rings (SSSR count). The van der Waals surface area contributed by atoms with Gasteiger partial charge < -0.3 is 20.6 Å². The van der Waals surface area contributed by atoms with Crippen LogP contribution >= 0.6 is 0 Å². The molecule has 0 saturated carbocycles. The lowest BCUT2D eigenvalue weighted by Crippen LogP contribution is -2.45. The van der Waals surface area contributed by atoms with E-state index in [-0.39, 0.29) is 25.0 Å². The molecule has 18 heavy (non-hydrogen) atoms. The number of nitrogens with one attached hydrogen (secondary N) is 2. The first kappa shape index (κ1) is 16.2. The number of aliphatic carboxylic acids is 1. The van der Waals surface area contributed by atoms with Crippen LogP contribution in [0, 0.1) is 5.92 Å². The monoisotopic (exact) mass is 259 g/mol. The molecule has 0 aliphatic heterocycles. The average Bonchev–Trinajstić information content (AvgIpc) is 2.34. The molecule has 3 amide bonds. The van der Waals surface area contributed by atoms with E-state index in [0.29, 0.717) is 13.0 Å². The third-order valence-electron chi connectivity index (χ3n) is 2.56. The summed E-state index contributed by atoms with van der Waals surface area (Å²) in [5.74, 6) is -1.63. The van der Waals surface area contributed by atoms with Crippen molar-refractivity contribution in [2.24, 2.45) is 5.92 Å². The van der Waals surface area contributed by atoms with Crippen LogP contribution in [0.25, 0.3) is 0 Å². The Balaban J connectivity index is 4.05. The smallest absolute Gasteiger partial charge is 0.317 e. The Labute approximate surface area is 107 Å². The lowest BCUT2D eigenvalue weighted by Gasteiger charge is -2.20. The quantitative estimate of drug-likeness (QED) is 0.593. The van der Waals surface area contributed by atoms with Gasteiger partial charge in [-0.3, -0.25) is 9.59 Å². The molecule has 1 atom stereocenters. The number of urea groups is 1. The Morgan fingerprint density at radius 2 is 1.94 bits per heavy atom. The van der Waals surface area contributed by atoms with Crippen molar-refractivity contribution in [3.8, 4) is 0 Å². The van der Waals surface area contributed by atoms with E-state index in [0.717, 1.165) is 0 Å². The van der Waals surface area contributed by atoms with E-state index in [1.807, 2.05) is 0 Å². The first-order valence-electron chi connectivity index (χ1n) is 5.88. The molecular formula is C11H21N3O4. The zero-order valence-electron chi connectivity index (χ0n) is 11.0. The van der Waals surface area contributed by atoms with Gasteiger partial charge in [0.05, 0.1) is 5.92 Å². The van der Waals surface area contributed by atoms with Gasteiger partial charge in [-0.15, -0.1) is 0 Å². The standard InChI is InChI=1S/C11H21N3O4/c1-4-14(7-9(15)12-3)11(18)13-6-5-8(2)10(16)17/h8H,4-7H2,1-3H3,(H,12,15)(H,13,18)(H,16,17). The predicted octanol–water partition coefficient (Wildman–Crippen LogP) is -0.125. The molecular weight excluding hydrogens is 238 g/mol. The highest BCUT2D eigenvalue weighted by Crippen LogP contribution is 2.00. The number of nitrogens with zero attached hydrogens (tertiary/aromatic N) is 1. The maximum absolute atomic E-state index is 11.7. The summed E-state index contributed by atoms with van der Waals surface area (Å²) in [5.41, 5.74) is 0. The molecule has 0 radical (unpaired) electrons. The van der Waals surface area contributed by atoms with Crippen LogP contribution in [-0.4, -0.2) is 54.6 Å².